The third kappa shape index (κ3) is 5.84. The molecule has 1 N–H and O–H groups in total. The first-order valence-corrected chi connectivity index (χ1v) is 6.89. The number of carbonyl (C=O) groups excluding carboxylic acids is 1. The predicted molar refractivity (Wildman–Crippen MR) is 79.8 cm³/mol. The molecule has 2 nitrogen and oxygen atoms in total. The van der Waals surface area contributed by atoms with Gasteiger partial charge in [-0.1, -0.05) is 42.5 Å². The molecule has 0 bridgehead atoms. The fraction of sp³-hybridized carbons (Fsp3) is 0.471. The Morgan fingerprint density at radius 3 is 2.84 bits per heavy atom. The number of hydrogen-bond acceptors (Lipinski definition) is 2. The Bertz CT molecular complexity index is 413. The van der Waals surface area contributed by atoms with Gasteiger partial charge in [0.15, 0.2) is 0 Å². The SMILES string of the molecule is C=C/C(C)=C\C(=C/C)CC(O)/C=C/[C@H]1CCC(=O)C1. The zero-order valence-electron chi connectivity index (χ0n) is 11.9. The lowest BCUT2D eigenvalue weighted by Gasteiger charge is -2.08. The Morgan fingerprint density at radius 2 is 2.32 bits per heavy atom. The minimum Gasteiger partial charge on any atom is -0.389 e. The van der Waals surface area contributed by atoms with Crippen molar-refractivity contribution in [3.05, 3.63) is 48.1 Å². The number of allylic oxidation sites excluding steroid dienone is 5. The quantitative estimate of drug-likeness (QED) is 0.583. The van der Waals surface area contributed by atoms with Crippen molar-refractivity contribution < 1.29 is 9.90 Å². The number of hydrogen-bond donors (Lipinski definition) is 1. The van der Waals surface area contributed by atoms with Gasteiger partial charge >= 0.3 is 0 Å². The van der Waals surface area contributed by atoms with Gasteiger partial charge in [-0.3, -0.25) is 4.79 Å². The van der Waals surface area contributed by atoms with Crippen molar-refractivity contribution in [3.8, 4) is 0 Å². The van der Waals surface area contributed by atoms with Crippen molar-refractivity contribution in [2.75, 3.05) is 0 Å². The third-order valence-electron chi connectivity index (χ3n) is 3.44. The van der Waals surface area contributed by atoms with E-state index in [0.29, 0.717) is 31.0 Å². The minimum absolute atomic E-state index is 0.321. The first-order valence-electron chi connectivity index (χ1n) is 6.89. The summed E-state index contributed by atoms with van der Waals surface area (Å²) in [6, 6.07) is 0. The van der Waals surface area contributed by atoms with E-state index in [0.717, 1.165) is 17.6 Å². The summed E-state index contributed by atoms with van der Waals surface area (Å²) < 4.78 is 0. The number of ketones is 1. The molecule has 0 aromatic carbocycles. The van der Waals surface area contributed by atoms with Gasteiger partial charge in [0.2, 0.25) is 0 Å². The van der Waals surface area contributed by atoms with Crippen LogP contribution < -0.4 is 0 Å². The van der Waals surface area contributed by atoms with E-state index >= 15 is 0 Å². The number of rotatable bonds is 6. The molecule has 1 aliphatic rings. The van der Waals surface area contributed by atoms with E-state index < -0.39 is 6.10 Å². The third-order valence-corrected chi connectivity index (χ3v) is 3.44. The van der Waals surface area contributed by atoms with Crippen molar-refractivity contribution in [1.29, 1.82) is 0 Å². The molecule has 0 heterocycles. The lowest BCUT2D eigenvalue weighted by Crippen LogP contribution is -2.04. The van der Waals surface area contributed by atoms with Crippen LogP contribution in [-0.4, -0.2) is 17.0 Å². The van der Waals surface area contributed by atoms with Crippen molar-refractivity contribution in [2.45, 2.75) is 45.6 Å². The maximum atomic E-state index is 11.2. The Kier molecular flexibility index (Phi) is 6.51. The Labute approximate surface area is 116 Å². The van der Waals surface area contributed by atoms with Crippen LogP contribution in [0.3, 0.4) is 0 Å². The van der Waals surface area contributed by atoms with Crippen LogP contribution in [-0.2, 0) is 4.79 Å². The largest absolute Gasteiger partial charge is 0.389 e. The summed E-state index contributed by atoms with van der Waals surface area (Å²) in [6.45, 7) is 7.67. The number of aliphatic hydroxyl groups is 1. The van der Waals surface area contributed by atoms with Gasteiger partial charge in [0.1, 0.15) is 5.78 Å². The van der Waals surface area contributed by atoms with Gasteiger partial charge in [-0.15, -0.1) is 0 Å². The minimum atomic E-state index is -0.490. The second-order valence-electron chi connectivity index (χ2n) is 5.15. The monoisotopic (exact) mass is 260 g/mol. The lowest BCUT2D eigenvalue weighted by atomic mass is 10.0. The lowest BCUT2D eigenvalue weighted by molar-refractivity contribution is -0.117. The van der Waals surface area contributed by atoms with Gasteiger partial charge in [0, 0.05) is 19.3 Å². The van der Waals surface area contributed by atoms with Crippen LogP contribution in [0.1, 0.15) is 39.5 Å². The topological polar surface area (TPSA) is 37.3 Å². The summed E-state index contributed by atoms with van der Waals surface area (Å²) in [6.07, 6.45) is 12.0. The van der Waals surface area contributed by atoms with Crippen molar-refractivity contribution in [2.24, 2.45) is 5.92 Å². The fourth-order valence-electron chi connectivity index (χ4n) is 2.21. The highest BCUT2D eigenvalue weighted by Gasteiger charge is 2.19. The molecule has 0 aromatic heterocycles. The summed E-state index contributed by atoms with van der Waals surface area (Å²) in [4.78, 5) is 11.2. The zero-order chi connectivity index (χ0) is 14.3. The first kappa shape index (κ1) is 15.6. The van der Waals surface area contributed by atoms with Gasteiger partial charge in [-0.25, -0.2) is 0 Å². The number of carbonyl (C=O) groups is 1. The number of aliphatic hydroxyl groups excluding tert-OH is 1. The smallest absolute Gasteiger partial charge is 0.133 e. The highest BCUT2D eigenvalue weighted by atomic mass is 16.3. The van der Waals surface area contributed by atoms with Crippen molar-refractivity contribution in [3.63, 3.8) is 0 Å². The molecule has 2 atom stereocenters. The summed E-state index contributed by atoms with van der Waals surface area (Å²) in [5.41, 5.74) is 2.18. The van der Waals surface area contributed by atoms with E-state index in [-0.39, 0.29) is 0 Å². The highest BCUT2D eigenvalue weighted by Crippen LogP contribution is 2.23. The van der Waals surface area contributed by atoms with Crippen LogP contribution in [0.25, 0.3) is 0 Å². The predicted octanol–water partition coefficient (Wildman–Crippen LogP) is 3.74. The molecule has 0 saturated heterocycles. The molecular formula is C17H24O2. The van der Waals surface area contributed by atoms with Gasteiger partial charge < -0.3 is 5.11 Å². The molecule has 1 unspecified atom stereocenters. The summed E-state index contributed by atoms with van der Waals surface area (Å²) in [5.74, 6) is 0.657. The molecule has 2 heteroatoms. The summed E-state index contributed by atoms with van der Waals surface area (Å²) in [7, 11) is 0. The van der Waals surface area contributed by atoms with Crippen LogP contribution in [0.4, 0.5) is 0 Å². The van der Waals surface area contributed by atoms with Gasteiger partial charge in [0.05, 0.1) is 6.10 Å². The maximum Gasteiger partial charge on any atom is 0.133 e. The average molecular weight is 260 g/mol. The molecule has 1 aliphatic carbocycles. The number of Topliss-reactive ketones (excluding diaryl/α,β-unsaturated/α-hetero) is 1. The molecule has 0 aliphatic heterocycles. The normalized spacial score (nSPS) is 23.1. The average Bonchev–Trinajstić information content (AvgIpc) is 2.81. The second-order valence-corrected chi connectivity index (χ2v) is 5.15. The molecule has 0 radical (unpaired) electrons. The molecule has 104 valence electrons. The van der Waals surface area contributed by atoms with E-state index in [2.05, 4.69) is 6.58 Å². The maximum absolute atomic E-state index is 11.2. The Morgan fingerprint density at radius 1 is 1.58 bits per heavy atom. The van der Waals surface area contributed by atoms with Crippen molar-refractivity contribution >= 4 is 5.78 Å². The van der Waals surface area contributed by atoms with Gasteiger partial charge in [-0.05, 0) is 31.8 Å². The van der Waals surface area contributed by atoms with Crippen molar-refractivity contribution in [1.82, 2.24) is 0 Å². The molecule has 1 fully saturated rings. The van der Waals surface area contributed by atoms with Crippen LogP contribution in [0.5, 0.6) is 0 Å². The van der Waals surface area contributed by atoms with E-state index in [1.54, 1.807) is 6.08 Å². The molecule has 0 spiro atoms. The Balaban J connectivity index is 2.49. The second kappa shape index (κ2) is 7.90. The zero-order valence-corrected chi connectivity index (χ0v) is 11.9. The van der Waals surface area contributed by atoms with Gasteiger partial charge in [-0.2, -0.15) is 0 Å². The van der Waals surface area contributed by atoms with E-state index in [1.165, 1.54) is 0 Å². The summed E-state index contributed by atoms with van der Waals surface area (Å²) >= 11 is 0. The van der Waals surface area contributed by atoms with E-state index in [9.17, 15) is 9.90 Å². The fourth-order valence-corrected chi connectivity index (χ4v) is 2.21. The van der Waals surface area contributed by atoms with Crippen LogP contribution in [0, 0.1) is 5.92 Å². The van der Waals surface area contributed by atoms with Crippen LogP contribution in [0.15, 0.2) is 48.1 Å². The molecule has 1 saturated carbocycles. The Hall–Kier alpha value is -1.41. The van der Waals surface area contributed by atoms with E-state index in [4.69, 9.17) is 0 Å². The van der Waals surface area contributed by atoms with Gasteiger partial charge in [0.25, 0.3) is 0 Å². The molecule has 0 amide bonds. The standard InChI is InChI=1S/C17H24O2/c1-4-13(3)10-14(5-2)11-16(18)8-6-15-7-9-17(19)12-15/h4-6,8,10,15-16,18H,1,7,9,11-12H2,2-3H3/b8-6+,13-10-,14-5+/t15-,16?/m0/s1. The first-order chi connectivity index (χ1) is 9.05. The van der Waals surface area contributed by atoms with Crippen LogP contribution >= 0.6 is 0 Å². The molecule has 19 heavy (non-hydrogen) atoms. The highest BCUT2D eigenvalue weighted by molar-refractivity contribution is 5.80. The molecule has 0 aromatic rings. The van der Waals surface area contributed by atoms with Crippen LogP contribution in [0.2, 0.25) is 0 Å². The summed E-state index contributed by atoms with van der Waals surface area (Å²) in [5, 5.41) is 9.99. The molecule has 1 rings (SSSR count). The molecular weight excluding hydrogens is 236 g/mol. The van der Waals surface area contributed by atoms with E-state index in [1.807, 2.05) is 38.2 Å².